The summed E-state index contributed by atoms with van der Waals surface area (Å²) in [5, 5.41) is 0. The van der Waals surface area contributed by atoms with E-state index in [-0.39, 0.29) is 11.2 Å². The SMILES string of the molecule is CC(C)(C)C(CCl)CCCS(C)(=O)=O. The van der Waals surface area contributed by atoms with Crippen molar-refractivity contribution in [3.8, 4) is 0 Å². The maximum atomic E-state index is 10.9. The molecule has 0 aliphatic rings. The van der Waals surface area contributed by atoms with Gasteiger partial charge < -0.3 is 0 Å². The van der Waals surface area contributed by atoms with E-state index in [0.29, 0.717) is 18.2 Å². The van der Waals surface area contributed by atoms with Crippen LogP contribution in [0.15, 0.2) is 0 Å². The van der Waals surface area contributed by atoms with E-state index in [1.165, 1.54) is 6.26 Å². The Labute approximate surface area is 93.0 Å². The third kappa shape index (κ3) is 6.66. The quantitative estimate of drug-likeness (QED) is 0.693. The van der Waals surface area contributed by atoms with Gasteiger partial charge in [-0.25, -0.2) is 8.42 Å². The summed E-state index contributed by atoms with van der Waals surface area (Å²) in [4.78, 5) is 0. The zero-order valence-electron chi connectivity index (χ0n) is 9.51. The van der Waals surface area contributed by atoms with Crippen molar-refractivity contribution in [2.45, 2.75) is 33.6 Å². The van der Waals surface area contributed by atoms with Gasteiger partial charge in [-0.15, -0.1) is 11.6 Å². The molecule has 0 aromatic heterocycles. The highest BCUT2D eigenvalue weighted by atomic mass is 35.5. The minimum atomic E-state index is -2.82. The summed E-state index contributed by atoms with van der Waals surface area (Å²) in [5.74, 6) is 1.27. The highest BCUT2D eigenvalue weighted by Crippen LogP contribution is 2.30. The van der Waals surface area contributed by atoms with E-state index >= 15 is 0 Å². The number of rotatable bonds is 5. The molecule has 4 heteroatoms. The van der Waals surface area contributed by atoms with Gasteiger partial charge in [0.1, 0.15) is 9.84 Å². The maximum Gasteiger partial charge on any atom is 0.147 e. The van der Waals surface area contributed by atoms with E-state index in [9.17, 15) is 8.42 Å². The zero-order valence-corrected chi connectivity index (χ0v) is 11.1. The number of hydrogen-bond donors (Lipinski definition) is 0. The molecule has 0 aliphatic heterocycles. The molecule has 14 heavy (non-hydrogen) atoms. The molecular weight excluding hydrogens is 220 g/mol. The second-order valence-corrected chi connectivity index (χ2v) is 7.56. The van der Waals surface area contributed by atoms with Crippen LogP contribution in [0.2, 0.25) is 0 Å². The first-order valence-electron chi connectivity index (χ1n) is 4.90. The Morgan fingerprint density at radius 2 is 1.79 bits per heavy atom. The van der Waals surface area contributed by atoms with E-state index in [1.807, 2.05) is 0 Å². The van der Waals surface area contributed by atoms with Crippen molar-refractivity contribution < 1.29 is 8.42 Å². The molecule has 0 rings (SSSR count). The summed E-state index contributed by atoms with van der Waals surface area (Å²) in [6.07, 6.45) is 2.88. The first kappa shape index (κ1) is 14.2. The lowest BCUT2D eigenvalue weighted by Gasteiger charge is -2.28. The molecule has 0 fully saturated rings. The Morgan fingerprint density at radius 1 is 1.29 bits per heavy atom. The van der Waals surface area contributed by atoms with Crippen LogP contribution in [0.5, 0.6) is 0 Å². The molecular formula is C10H21ClO2S. The summed E-state index contributed by atoms with van der Waals surface area (Å²) in [6, 6.07) is 0. The molecule has 0 saturated carbocycles. The molecule has 0 heterocycles. The van der Waals surface area contributed by atoms with E-state index in [2.05, 4.69) is 20.8 Å². The van der Waals surface area contributed by atoms with Crippen molar-refractivity contribution in [1.29, 1.82) is 0 Å². The number of halogens is 1. The van der Waals surface area contributed by atoms with Crippen LogP contribution >= 0.6 is 11.6 Å². The van der Waals surface area contributed by atoms with Gasteiger partial charge in [0.15, 0.2) is 0 Å². The smallest absolute Gasteiger partial charge is 0.147 e. The fourth-order valence-electron chi connectivity index (χ4n) is 1.33. The molecule has 2 nitrogen and oxygen atoms in total. The molecule has 1 unspecified atom stereocenters. The molecule has 0 spiro atoms. The van der Waals surface area contributed by atoms with Gasteiger partial charge in [0.05, 0.1) is 0 Å². The molecule has 0 aromatic carbocycles. The largest absolute Gasteiger partial charge is 0.229 e. The number of alkyl halides is 1. The molecule has 0 N–H and O–H groups in total. The lowest BCUT2D eigenvalue weighted by Crippen LogP contribution is -2.22. The monoisotopic (exact) mass is 240 g/mol. The van der Waals surface area contributed by atoms with Crippen LogP contribution in [-0.2, 0) is 9.84 Å². The van der Waals surface area contributed by atoms with E-state index in [0.717, 1.165) is 6.42 Å². The molecule has 0 aliphatic carbocycles. The van der Waals surface area contributed by atoms with Crippen LogP contribution in [0.4, 0.5) is 0 Å². The van der Waals surface area contributed by atoms with Gasteiger partial charge in [-0.3, -0.25) is 0 Å². The fraction of sp³-hybridized carbons (Fsp3) is 1.00. The van der Waals surface area contributed by atoms with Crippen molar-refractivity contribution >= 4 is 21.4 Å². The van der Waals surface area contributed by atoms with E-state index in [1.54, 1.807) is 0 Å². The van der Waals surface area contributed by atoms with Crippen LogP contribution in [0.3, 0.4) is 0 Å². The first-order chi connectivity index (χ1) is 6.17. The van der Waals surface area contributed by atoms with Crippen LogP contribution in [0.1, 0.15) is 33.6 Å². The minimum Gasteiger partial charge on any atom is -0.229 e. The third-order valence-corrected chi connectivity index (χ3v) is 3.88. The highest BCUT2D eigenvalue weighted by molar-refractivity contribution is 7.90. The summed E-state index contributed by atoms with van der Waals surface area (Å²) in [5.41, 5.74) is 0.166. The molecule has 0 radical (unpaired) electrons. The molecule has 1 atom stereocenters. The van der Waals surface area contributed by atoms with Crippen LogP contribution < -0.4 is 0 Å². The molecule has 86 valence electrons. The summed E-state index contributed by atoms with van der Waals surface area (Å²) in [6.45, 7) is 6.42. The fourth-order valence-corrected chi connectivity index (χ4v) is 2.64. The average molecular weight is 241 g/mol. The Kier molecular flexibility index (Phi) is 5.45. The van der Waals surface area contributed by atoms with Gasteiger partial charge >= 0.3 is 0 Å². The summed E-state index contributed by atoms with van der Waals surface area (Å²) >= 11 is 5.85. The normalized spacial score (nSPS) is 15.5. The lowest BCUT2D eigenvalue weighted by atomic mass is 9.79. The van der Waals surface area contributed by atoms with Crippen LogP contribution in [0, 0.1) is 11.3 Å². The molecule has 0 aromatic rings. The number of sulfone groups is 1. The van der Waals surface area contributed by atoms with Crippen molar-refractivity contribution in [2.75, 3.05) is 17.9 Å². The van der Waals surface area contributed by atoms with E-state index in [4.69, 9.17) is 11.6 Å². The van der Waals surface area contributed by atoms with Crippen molar-refractivity contribution in [3.05, 3.63) is 0 Å². The zero-order chi connectivity index (χ0) is 11.4. The maximum absolute atomic E-state index is 10.9. The van der Waals surface area contributed by atoms with Crippen molar-refractivity contribution in [2.24, 2.45) is 11.3 Å². The highest BCUT2D eigenvalue weighted by Gasteiger charge is 2.23. The van der Waals surface area contributed by atoms with Gasteiger partial charge in [0, 0.05) is 17.9 Å². The molecule has 0 saturated heterocycles. The summed E-state index contributed by atoms with van der Waals surface area (Å²) < 4.78 is 21.8. The Morgan fingerprint density at radius 3 is 2.07 bits per heavy atom. The van der Waals surface area contributed by atoms with Crippen molar-refractivity contribution in [3.63, 3.8) is 0 Å². The third-order valence-electron chi connectivity index (χ3n) is 2.48. The Hall–Kier alpha value is 0.240. The second kappa shape index (κ2) is 5.36. The minimum absolute atomic E-state index is 0.166. The Bertz CT molecular complexity index is 252. The van der Waals surface area contributed by atoms with Gasteiger partial charge in [0.25, 0.3) is 0 Å². The van der Waals surface area contributed by atoms with Gasteiger partial charge in [-0.2, -0.15) is 0 Å². The van der Waals surface area contributed by atoms with Gasteiger partial charge in [0.2, 0.25) is 0 Å². The van der Waals surface area contributed by atoms with Gasteiger partial charge in [-0.05, 0) is 24.2 Å². The average Bonchev–Trinajstić information content (AvgIpc) is 1.93. The first-order valence-corrected chi connectivity index (χ1v) is 7.50. The lowest BCUT2D eigenvalue weighted by molar-refractivity contribution is 0.249. The number of hydrogen-bond acceptors (Lipinski definition) is 2. The topological polar surface area (TPSA) is 34.1 Å². The standard InChI is InChI=1S/C10H21ClO2S/c1-10(2,3)9(8-11)6-5-7-14(4,12)13/h9H,5-8H2,1-4H3. The van der Waals surface area contributed by atoms with Crippen LogP contribution in [-0.4, -0.2) is 26.3 Å². The Balaban J connectivity index is 3.99. The van der Waals surface area contributed by atoms with E-state index < -0.39 is 9.84 Å². The van der Waals surface area contributed by atoms with Crippen LogP contribution in [0.25, 0.3) is 0 Å². The molecule has 0 bridgehead atoms. The predicted molar refractivity (Wildman–Crippen MR) is 62.6 cm³/mol. The summed E-state index contributed by atoms with van der Waals surface area (Å²) in [7, 11) is -2.82. The predicted octanol–water partition coefficient (Wildman–Crippen LogP) is 2.71. The van der Waals surface area contributed by atoms with Crippen molar-refractivity contribution in [1.82, 2.24) is 0 Å². The van der Waals surface area contributed by atoms with Gasteiger partial charge in [-0.1, -0.05) is 20.8 Å². The second-order valence-electron chi connectivity index (χ2n) is 4.99. The molecule has 0 amide bonds.